The van der Waals surface area contributed by atoms with Crippen LogP contribution in [-0.2, 0) is 0 Å². The van der Waals surface area contributed by atoms with Gasteiger partial charge in [-0.3, -0.25) is 0 Å². The Bertz CT molecular complexity index is 303. The van der Waals surface area contributed by atoms with Gasteiger partial charge >= 0.3 is 0 Å². The summed E-state index contributed by atoms with van der Waals surface area (Å²) in [5, 5.41) is 3.45. The van der Waals surface area contributed by atoms with E-state index in [0.29, 0.717) is 0 Å². The van der Waals surface area contributed by atoms with Gasteiger partial charge in [-0.1, -0.05) is 12.1 Å². The fourth-order valence-electron chi connectivity index (χ4n) is 1.89. The number of nitrogens with zero attached hydrogens (tertiary/aromatic N) is 1. The number of hydrogen-bond donors (Lipinski definition) is 1. The largest absolute Gasteiger partial charge is 0.383 e. The van der Waals surface area contributed by atoms with Gasteiger partial charge in [0.15, 0.2) is 0 Å². The van der Waals surface area contributed by atoms with Gasteiger partial charge < -0.3 is 10.2 Å². The van der Waals surface area contributed by atoms with Gasteiger partial charge in [0, 0.05) is 19.6 Å². The summed E-state index contributed by atoms with van der Waals surface area (Å²) in [6.07, 6.45) is 0. The standard InChI is InChI=1S/C13H22N2/c1-5-14-13-11(4)9-8-10-12(13)15(6-2)7-3/h8-10,14H,5-7H2,1-4H3. The molecule has 1 N–H and O–H groups in total. The van der Waals surface area contributed by atoms with Crippen LogP contribution in [0.1, 0.15) is 26.3 Å². The predicted octanol–water partition coefficient (Wildman–Crippen LogP) is 3.27. The molecular weight excluding hydrogens is 184 g/mol. The molecule has 0 aromatic heterocycles. The quantitative estimate of drug-likeness (QED) is 0.795. The molecule has 1 rings (SSSR count). The van der Waals surface area contributed by atoms with Gasteiger partial charge in [0.2, 0.25) is 0 Å². The highest BCUT2D eigenvalue weighted by Gasteiger charge is 2.08. The Morgan fingerprint density at radius 3 is 2.33 bits per heavy atom. The molecular formula is C13H22N2. The maximum absolute atomic E-state index is 3.45. The van der Waals surface area contributed by atoms with E-state index >= 15 is 0 Å². The van der Waals surface area contributed by atoms with E-state index in [-0.39, 0.29) is 0 Å². The van der Waals surface area contributed by atoms with E-state index in [9.17, 15) is 0 Å². The van der Waals surface area contributed by atoms with Crippen molar-refractivity contribution >= 4 is 11.4 Å². The molecule has 0 saturated heterocycles. The molecule has 0 radical (unpaired) electrons. The predicted molar refractivity (Wildman–Crippen MR) is 68.9 cm³/mol. The second-order valence-corrected chi connectivity index (χ2v) is 3.67. The monoisotopic (exact) mass is 206 g/mol. The first-order chi connectivity index (χ1) is 7.24. The van der Waals surface area contributed by atoms with Crippen LogP contribution in [-0.4, -0.2) is 19.6 Å². The van der Waals surface area contributed by atoms with E-state index in [2.05, 4.69) is 56.1 Å². The van der Waals surface area contributed by atoms with Gasteiger partial charge in [0.25, 0.3) is 0 Å². The first-order valence-corrected chi connectivity index (χ1v) is 5.82. The van der Waals surface area contributed by atoms with Gasteiger partial charge in [0.1, 0.15) is 0 Å². The van der Waals surface area contributed by atoms with Crippen LogP contribution >= 0.6 is 0 Å². The van der Waals surface area contributed by atoms with Crippen molar-refractivity contribution in [3.8, 4) is 0 Å². The minimum Gasteiger partial charge on any atom is -0.383 e. The van der Waals surface area contributed by atoms with E-state index in [1.807, 2.05) is 0 Å². The van der Waals surface area contributed by atoms with E-state index in [1.165, 1.54) is 16.9 Å². The van der Waals surface area contributed by atoms with Crippen LogP contribution in [0.4, 0.5) is 11.4 Å². The van der Waals surface area contributed by atoms with Gasteiger partial charge in [-0.15, -0.1) is 0 Å². The highest BCUT2D eigenvalue weighted by molar-refractivity contribution is 5.73. The van der Waals surface area contributed by atoms with Crippen LogP contribution in [0.15, 0.2) is 18.2 Å². The number of benzene rings is 1. The highest BCUT2D eigenvalue weighted by Crippen LogP contribution is 2.28. The molecule has 2 heteroatoms. The molecule has 0 heterocycles. The molecule has 0 unspecified atom stereocenters. The van der Waals surface area contributed by atoms with E-state index in [4.69, 9.17) is 0 Å². The second kappa shape index (κ2) is 5.64. The number of nitrogens with one attached hydrogen (secondary N) is 1. The van der Waals surface area contributed by atoms with Crippen LogP contribution in [0.2, 0.25) is 0 Å². The first kappa shape index (κ1) is 11.9. The van der Waals surface area contributed by atoms with Crippen molar-refractivity contribution in [2.24, 2.45) is 0 Å². The average Bonchev–Trinajstić information content (AvgIpc) is 2.24. The third kappa shape index (κ3) is 2.65. The lowest BCUT2D eigenvalue weighted by atomic mass is 10.1. The van der Waals surface area contributed by atoms with E-state index in [0.717, 1.165) is 19.6 Å². The SMILES string of the molecule is CCNc1c(C)cccc1N(CC)CC. The van der Waals surface area contributed by atoms with E-state index in [1.54, 1.807) is 0 Å². The summed E-state index contributed by atoms with van der Waals surface area (Å²) in [5.74, 6) is 0. The van der Waals surface area contributed by atoms with Crippen LogP contribution in [0, 0.1) is 6.92 Å². The molecule has 0 bridgehead atoms. The van der Waals surface area contributed by atoms with Crippen molar-refractivity contribution in [2.75, 3.05) is 29.9 Å². The molecule has 0 atom stereocenters. The summed E-state index contributed by atoms with van der Waals surface area (Å²) in [4.78, 5) is 2.38. The fraction of sp³-hybridized carbons (Fsp3) is 0.538. The number of rotatable bonds is 5. The van der Waals surface area contributed by atoms with Gasteiger partial charge in [0.05, 0.1) is 11.4 Å². The lowest BCUT2D eigenvalue weighted by Crippen LogP contribution is -2.23. The Morgan fingerprint density at radius 1 is 1.13 bits per heavy atom. The zero-order chi connectivity index (χ0) is 11.3. The van der Waals surface area contributed by atoms with Gasteiger partial charge in [-0.05, 0) is 39.3 Å². The third-order valence-electron chi connectivity index (χ3n) is 2.71. The summed E-state index contributed by atoms with van der Waals surface area (Å²) in [7, 11) is 0. The Morgan fingerprint density at radius 2 is 1.80 bits per heavy atom. The molecule has 0 spiro atoms. The van der Waals surface area contributed by atoms with Crippen molar-refractivity contribution in [2.45, 2.75) is 27.7 Å². The molecule has 0 aliphatic heterocycles. The Labute approximate surface area is 93.3 Å². The molecule has 0 aliphatic carbocycles. The van der Waals surface area contributed by atoms with Crippen molar-refractivity contribution < 1.29 is 0 Å². The lowest BCUT2D eigenvalue weighted by molar-refractivity contribution is 0.865. The highest BCUT2D eigenvalue weighted by atomic mass is 15.1. The molecule has 2 nitrogen and oxygen atoms in total. The number of para-hydroxylation sites is 1. The summed E-state index contributed by atoms with van der Waals surface area (Å²) >= 11 is 0. The fourth-order valence-corrected chi connectivity index (χ4v) is 1.89. The molecule has 1 aromatic carbocycles. The normalized spacial score (nSPS) is 10.1. The zero-order valence-corrected chi connectivity index (χ0v) is 10.3. The smallest absolute Gasteiger partial charge is 0.0607 e. The Hall–Kier alpha value is -1.18. The number of hydrogen-bond acceptors (Lipinski definition) is 2. The topological polar surface area (TPSA) is 15.3 Å². The third-order valence-corrected chi connectivity index (χ3v) is 2.71. The maximum atomic E-state index is 3.45. The van der Waals surface area contributed by atoms with E-state index < -0.39 is 0 Å². The zero-order valence-electron chi connectivity index (χ0n) is 10.3. The van der Waals surface area contributed by atoms with Crippen LogP contribution in [0.3, 0.4) is 0 Å². The van der Waals surface area contributed by atoms with Crippen molar-refractivity contribution in [3.05, 3.63) is 23.8 Å². The molecule has 0 saturated carbocycles. The molecule has 0 amide bonds. The van der Waals surface area contributed by atoms with Crippen molar-refractivity contribution in [1.29, 1.82) is 0 Å². The number of anilines is 2. The van der Waals surface area contributed by atoms with Crippen molar-refractivity contribution in [3.63, 3.8) is 0 Å². The van der Waals surface area contributed by atoms with Crippen LogP contribution < -0.4 is 10.2 Å². The lowest BCUT2D eigenvalue weighted by Gasteiger charge is -2.25. The minimum atomic E-state index is 0.971. The number of aryl methyl sites for hydroxylation is 1. The van der Waals surface area contributed by atoms with Gasteiger partial charge in [-0.2, -0.15) is 0 Å². The first-order valence-electron chi connectivity index (χ1n) is 5.82. The molecule has 1 aromatic rings. The Balaban J connectivity index is 3.09. The Kier molecular flexibility index (Phi) is 4.47. The van der Waals surface area contributed by atoms with Crippen LogP contribution in [0.25, 0.3) is 0 Å². The molecule has 84 valence electrons. The van der Waals surface area contributed by atoms with Crippen molar-refractivity contribution in [1.82, 2.24) is 0 Å². The summed E-state index contributed by atoms with van der Waals surface area (Å²) < 4.78 is 0. The molecule has 15 heavy (non-hydrogen) atoms. The molecule has 0 aliphatic rings. The average molecular weight is 206 g/mol. The second-order valence-electron chi connectivity index (χ2n) is 3.67. The summed E-state index contributed by atoms with van der Waals surface area (Å²) in [5.41, 5.74) is 3.92. The minimum absolute atomic E-state index is 0.971. The molecule has 0 fully saturated rings. The summed E-state index contributed by atoms with van der Waals surface area (Å²) in [6.45, 7) is 11.8. The van der Waals surface area contributed by atoms with Gasteiger partial charge in [-0.25, -0.2) is 0 Å². The maximum Gasteiger partial charge on any atom is 0.0607 e. The van der Waals surface area contributed by atoms with Crippen LogP contribution in [0.5, 0.6) is 0 Å². The summed E-state index contributed by atoms with van der Waals surface area (Å²) in [6, 6.07) is 6.48.